The average molecular weight is 417 g/mol. The molecule has 1 fully saturated rings. The molecule has 2 atom stereocenters. The van der Waals surface area contributed by atoms with Crippen LogP contribution < -0.4 is 0 Å². The second-order valence-electron chi connectivity index (χ2n) is 7.01. The van der Waals surface area contributed by atoms with Gasteiger partial charge in [-0.25, -0.2) is 4.79 Å². The lowest BCUT2D eigenvalue weighted by Crippen LogP contribution is -2.51. The number of likely N-dealkylation sites (tertiary alicyclic amines) is 1. The summed E-state index contributed by atoms with van der Waals surface area (Å²) < 4.78 is 6.56. The molecule has 122 valence electrons. The van der Waals surface area contributed by atoms with Gasteiger partial charge in [0.1, 0.15) is 5.60 Å². The van der Waals surface area contributed by atoms with Gasteiger partial charge in [0.15, 0.2) is 0 Å². The molecule has 1 aliphatic heterocycles. The Bertz CT molecular complexity index is 538. The molecular formula is C17H24INO3. The number of nitrogens with zero attached hydrogens (tertiary/aromatic N) is 1. The lowest BCUT2D eigenvalue weighted by molar-refractivity contribution is -0.0733. The van der Waals surface area contributed by atoms with Crippen LogP contribution in [0, 0.1) is 9.49 Å². The van der Waals surface area contributed by atoms with E-state index in [0.29, 0.717) is 19.5 Å². The molecular weight excluding hydrogens is 393 g/mol. The first-order valence-electron chi connectivity index (χ1n) is 7.58. The van der Waals surface area contributed by atoms with Gasteiger partial charge in [0.2, 0.25) is 0 Å². The van der Waals surface area contributed by atoms with Gasteiger partial charge in [-0.05, 0) is 67.5 Å². The predicted molar refractivity (Wildman–Crippen MR) is 94.6 cm³/mol. The highest BCUT2D eigenvalue weighted by Gasteiger charge is 2.42. The summed E-state index contributed by atoms with van der Waals surface area (Å²) in [6, 6.07) is 7.95. The van der Waals surface area contributed by atoms with Crippen LogP contribution in [-0.2, 0) is 10.3 Å². The van der Waals surface area contributed by atoms with Crippen LogP contribution in [0.25, 0.3) is 0 Å². The molecule has 5 heteroatoms. The number of halogens is 1. The topological polar surface area (TPSA) is 49.8 Å². The van der Waals surface area contributed by atoms with E-state index < -0.39 is 11.2 Å². The Kier molecular flexibility index (Phi) is 5.06. The van der Waals surface area contributed by atoms with E-state index in [4.69, 9.17) is 4.74 Å². The van der Waals surface area contributed by atoms with Gasteiger partial charge in [0, 0.05) is 22.6 Å². The minimum Gasteiger partial charge on any atom is -0.444 e. The normalized spacial score (nSPS) is 25.9. The van der Waals surface area contributed by atoms with Crippen molar-refractivity contribution in [2.75, 3.05) is 13.1 Å². The Hall–Kier alpha value is -0.820. The van der Waals surface area contributed by atoms with Gasteiger partial charge in [-0.1, -0.05) is 19.1 Å². The van der Waals surface area contributed by atoms with Gasteiger partial charge < -0.3 is 14.7 Å². The summed E-state index contributed by atoms with van der Waals surface area (Å²) in [5.74, 6) is -0.0474. The minimum atomic E-state index is -0.886. The third-order valence-corrected chi connectivity index (χ3v) is 4.79. The molecule has 0 aliphatic carbocycles. The third-order valence-electron chi connectivity index (χ3n) is 4.07. The van der Waals surface area contributed by atoms with Crippen molar-refractivity contribution in [3.63, 3.8) is 0 Å². The molecule has 1 aliphatic rings. The molecule has 0 aromatic heterocycles. The van der Waals surface area contributed by atoms with Gasteiger partial charge in [-0.2, -0.15) is 0 Å². The highest BCUT2D eigenvalue weighted by atomic mass is 127. The second kappa shape index (κ2) is 6.35. The maximum atomic E-state index is 12.2. The highest BCUT2D eigenvalue weighted by Crippen LogP contribution is 2.37. The molecule has 1 heterocycles. The first-order chi connectivity index (χ1) is 10.1. The van der Waals surface area contributed by atoms with Crippen molar-refractivity contribution in [1.29, 1.82) is 0 Å². The van der Waals surface area contributed by atoms with Crippen LogP contribution in [0.1, 0.15) is 39.7 Å². The van der Waals surface area contributed by atoms with Gasteiger partial charge in [0.05, 0.1) is 5.60 Å². The average Bonchev–Trinajstić information content (AvgIpc) is 2.40. The van der Waals surface area contributed by atoms with Crippen LogP contribution in [0.5, 0.6) is 0 Å². The Morgan fingerprint density at radius 1 is 1.36 bits per heavy atom. The summed E-state index contributed by atoms with van der Waals surface area (Å²) in [6.45, 7) is 8.56. The molecule has 4 nitrogen and oxygen atoms in total. The first kappa shape index (κ1) is 17.5. The van der Waals surface area contributed by atoms with E-state index in [9.17, 15) is 9.90 Å². The highest BCUT2D eigenvalue weighted by molar-refractivity contribution is 14.1. The molecule has 2 unspecified atom stereocenters. The molecule has 0 spiro atoms. The van der Waals surface area contributed by atoms with Crippen molar-refractivity contribution < 1.29 is 14.6 Å². The van der Waals surface area contributed by atoms with Crippen molar-refractivity contribution in [1.82, 2.24) is 4.90 Å². The number of ether oxygens (including phenoxy) is 1. The van der Waals surface area contributed by atoms with Crippen LogP contribution in [-0.4, -0.2) is 34.8 Å². The number of rotatable bonds is 1. The Balaban J connectivity index is 2.09. The molecule has 2 rings (SSSR count). The summed E-state index contributed by atoms with van der Waals surface area (Å²) in [5.41, 5.74) is -0.461. The van der Waals surface area contributed by atoms with E-state index in [-0.39, 0.29) is 12.0 Å². The number of carbonyl (C=O) groups excluding carboxylic acids is 1. The number of benzene rings is 1. The monoisotopic (exact) mass is 417 g/mol. The fourth-order valence-corrected chi connectivity index (χ4v) is 3.14. The summed E-state index contributed by atoms with van der Waals surface area (Å²) in [7, 11) is 0. The number of hydrogen-bond donors (Lipinski definition) is 1. The Morgan fingerprint density at radius 2 is 1.95 bits per heavy atom. The zero-order chi connectivity index (χ0) is 16.5. The first-order valence-corrected chi connectivity index (χ1v) is 8.66. The van der Waals surface area contributed by atoms with E-state index in [1.165, 1.54) is 0 Å². The number of hydrogen-bond acceptors (Lipinski definition) is 3. The summed E-state index contributed by atoms with van der Waals surface area (Å²) in [4.78, 5) is 13.9. The summed E-state index contributed by atoms with van der Waals surface area (Å²) >= 11 is 2.25. The summed E-state index contributed by atoms with van der Waals surface area (Å²) in [6.07, 6.45) is 0.220. The Morgan fingerprint density at radius 3 is 2.45 bits per heavy atom. The molecule has 1 saturated heterocycles. The van der Waals surface area contributed by atoms with Crippen molar-refractivity contribution in [2.24, 2.45) is 5.92 Å². The number of carbonyl (C=O) groups is 1. The number of amides is 1. The zero-order valence-corrected chi connectivity index (χ0v) is 15.8. The van der Waals surface area contributed by atoms with Crippen molar-refractivity contribution in [2.45, 2.75) is 45.3 Å². The maximum absolute atomic E-state index is 12.2. The van der Waals surface area contributed by atoms with Crippen molar-refractivity contribution in [3.8, 4) is 0 Å². The molecule has 0 saturated carbocycles. The lowest BCUT2D eigenvalue weighted by atomic mass is 9.77. The van der Waals surface area contributed by atoms with Gasteiger partial charge in [-0.15, -0.1) is 0 Å². The lowest BCUT2D eigenvalue weighted by Gasteiger charge is -2.43. The SMILES string of the molecule is CC1CN(C(=O)OC(C)(C)C)CCC1(O)c1ccc(I)cc1. The maximum Gasteiger partial charge on any atom is 0.410 e. The minimum absolute atomic E-state index is 0.0474. The fraction of sp³-hybridized carbons (Fsp3) is 0.588. The molecule has 0 radical (unpaired) electrons. The zero-order valence-electron chi connectivity index (χ0n) is 13.6. The third kappa shape index (κ3) is 3.93. The van der Waals surface area contributed by atoms with E-state index in [1.807, 2.05) is 52.0 Å². The summed E-state index contributed by atoms with van der Waals surface area (Å²) in [5, 5.41) is 11.1. The molecule has 1 aromatic rings. The number of aliphatic hydroxyl groups is 1. The van der Waals surface area contributed by atoms with Crippen LogP contribution in [0.2, 0.25) is 0 Å². The van der Waals surface area contributed by atoms with E-state index in [1.54, 1.807) is 4.90 Å². The van der Waals surface area contributed by atoms with Gasteiger partial charge in [0.25, 0.3) is 0 Å². The quantitative estimate of drug-likeness (QED) is 0.709. The largest absolute Gasteiger partial charge is 0.444 e. The van der Waals surface area contributed by atoms with Crippen molar-refractivity contribution in [3.05, 3.63) is 33.4 Å². The fourth-order valence-electron chi connectivity index (χ4n) is 2.78. The molecule has 1 amide bonds. The standard InChI is InChI=1S/C17H24INO3/c1-12-11-19(15(20)22-16(2,3)4)10-9-17(12,21)13-5-7-14(18)8-6-13/h5-8,12,21H,9-11H2,1-4H3. The second-order valence-corrected chi connectivity index (χ2v) is 8.25. The van der Waals surface area contributed by atoms with Crippen LogP contribution >= 0.6 is 22.6 Å². The van der Waals surface area contributed by atoms with Crippen LogP contribution in [0.15, 0.2) is 24.3 Å². The van der Waals surface area contributed by atoms with Gasteiger partial charge >= 0.3 is 6.09 Å². The van der Waals surface area contributed by atoms with Crippen LogP contribution in [0.3, 0.4) is 0 Å². The van der Waals surface area contributed by atoms with Gasteiger partial charge in [-0.3, -0.25) is 0 Å². The number of piperidine rings is 1. The van der Waals surface area contributed by atoms with Crippen molar-refractivity contribution >= 4 is 28.7 Å². The van der Waals surface area contributed by atoms with E-state index in [2.05, 4.69) is 22.6 Å². The predicted octanol–water partition coefficient (Wildman–Crippen LogP) is 3.76. The molecule has 1 N–H and O–H groups in total. The molecule has 1 aromatic carbocycles. The van der Waals surface area contributed by atoms with E-state index >= 15 is 0 Å². The molecule has 0 bridgehead atoms. The van der Waals surface area contributed by atoms with Crippen LogP contribution in [0.4, 0.5) is 4.79 Å². The molecule has 22 heavy (non-hydrogen) atoms. The Labute approximate surface area is 146 Å². The van der Waals surface area contributed by atoms with E-state index in [0.717, 1.165) is 9.13 Å². The smallest absolute Gasteiger partial charge is 0.410 e.